The van der Waals surface area contributed by atoms with Gasteiger partial charge in [0.25, 0.3) is 0 Å². The van der Waals surface area contributed by atoms with E-state index in [9.17, 15) is 9.59 Å². The van der Waals surface area contributed by atoms with Crippen LogP contribution >= 0.6 is 0 Å². The highest BCUT2D eigenvalue weighted by Gasteiger charge is 2.42. The zero-order chi connectivity index (χ0) is 22.2. The van der Waals surface area contributed by atoms with E-state index < -0.39 is 0 Å². The molecule has 4 heterocycles. The molecule has 3 fully saturated rings. The van der Waals surface area contributed by atoms with Crippen LogP contribution in [0.3, 0.4) is 0 Å². The molecule has 0 N–H and O–H groups in total. The van der Waals surface area contributed by atoms with Gasteiger partial charge in [0.2, 0.25) is 5.91 Å². The SMILES string of the molecule is CC(=O)N(C)c1cnn(C(=O)N2CC3CN(Cc4cccc(N5CCCC5)c4)CC3C2)c1. The first-order chi connectivity index (χ1) is 15.5. The summed E-state index contributed by atoms with van der Waals surface area (Å²) in [5.41, 5.74) is 3.36. The van der Waals surface area contributed by atoms with Crippen LogP contribution < -0.4 is 9.80 Å². The minimum atomic E-state index is -0.104. The Morgan fingerprint density at radius 3 is 2.50 bits per heavy atom. The number of anilines is 2. The zero-order valence-corrected chi connectivity index (χ0v) is 19.0. The summed E-state index contributed by atoms with van der Waals surface area (Å²) in [6.07, 6.45) is 5.79. The number of hydrogen-bond acceptors (Lipinski definition) is 5. The lowest BCUT2D eigenvalue weighted by Crippen LogP contribution is -2.36. The summed E-state index contributed by atoms with van der Waals surface area (Å²) in [5.74, 6) is 0.935. The van der Waals surface area contributed by atoms with Crippen molar-refractivity contribution in [2.75, 3.05) is 56.1 Å². The van der Waals surface area contributed by atoms with Gasteiger partial charge < -0.3 is 14.7 Å². The molecule has 1 aromatic carbocycles. The van der Waals surface area contributed by atoms with Crippen molar-refractivity contribution in [3.05, 3.63) is 42.2 Å². The monoisotopic (exact) mass is 436 g/mol. The number of aromatic nitrogens is 2. The van der Waals surface area contributed by atoms with E-state index in [-0.39, 0.29) is 11.9 Å². The van der Waals surface area contributed by atoms with Crippen LogP contribution in [0, 0.1) is 11.8 Å². The molecule has 3 aliphatic heterocycles. The molecule has 0 radical (unpaired) electrons. The minimum absolute atomic E-state index is 0.0845. The molecule has 2 amide bonds. The van der Waals surface area contributed by atoms with Crippen LogP contribution in [0.4, 0.5) is 16.2 Å². The lowest BCUT2D eigenvalue weighted by Gasteiger charge is -2.23. The van der Waals surface area contributed by atoms with Gasteiger partial charge in [-0.15, -0.1) is 0 Å². The fraction of sp³-hybridized carbons (Fsp3) is 0.542. The van der Waals surface area contributed by atoms with Gasteiger partial charge >= 0.3 is 6.03 Å². The maximum atomic E-state index is 12.9. The molecular formula is C24H32N6O2. The zero-order valence-electron chi connectivity index (χ0n) is 19.0. The predicted molar refractivity (Wildman–Crippen MR) is 124 cm³/mol. The van der Waals surface area contributed by atoms with Crippen molar-refractivity contribution in [2.45, 2.75) is 26.3 Å². The Hall–Kier alpha value is -2.87. The fourth-order valence-electron chi connectivity index (χ4n) is 5.38. The van der Waals surface area contributed by atoms with Crippen LogP contribution in [-0.4, -0.2) is 77.8 Å². The molecule has 2 aromatic rings. The minimum Gasteiger partial charge on any atom is -0.372 e. The molecule has 0 bridgehead atoms. The number of likely N-dealkylation sites (tertiary alicyclic amines) is 2. The van der Waals surface area contributed by atoms with Crippen molar-refractivity contribution in [1.82, 2.24) is 19.6 Å². The summed E-state index contributed by atoms with van der Waals surface area (Å²) in [5, 5.41) is 4.19. The van der Waals surface area contributed by atoms with E-state index in [4.69, 9.17) is 0 Å². The van der Waals surface area contributed by atoms with E-state index in [2.05, 4.69) is 39.2 Å². The van der Waals surface area contributed by atoms with Gasteiger partial charge in [-0.3, -0.25) is 9.69 Å². The Kier molecular flexibility index (Phi) is 5.63. The number of fused-ring (bicyclic) bond motifs is 1. The molecule has 2 atom stereocenters. The van der Waals surface area contributed by atoms with Gasteiger partial charge in [0.1, 0.15) is 0 Å². The van der Waals surface area contributed by atoms with Crippen LogP contribution in [0.1, 0.15) is 25.3 Å². The van der Waals surface area contributed by atoms with Gasteiger partial charge in [-0.25, -0.2) is 4.79 Å². The molecule has 3 saturated heterocycles. The fourth-order valence-corrected chi connectivity index (χ4v) is 5.38. The van der Waals surface area contributed by atoms with Crippen LogP contribution in [0.2, 0.25) is 0 Å². The van der Waals surface area contributed by atoms with Crippen molar-refractivity contribution in [1.29, 1.82) is 0 Å². The van der Waals surface area contributed by atoms with Crippen LogP contribution in [0.5, 0.6) is 0 Å². The number of rotatable bonds is 4. The van der Waals surface area contributed by atoms with Crippen molar-refractivity contribution in [3.63, 3.8) is 0 Å². The molecule has 8 heteroatoms. The maximum absolute atomic E-state index is 12.9. The molecule has 32 heavy (non-hydrogen) atoms. The second kappa shape index (κ2) is 8.58. The number of carbonyl (C=O) groups excluding carboxylic acids is 2. The standard InChI is InChI=1S/C24H32N6O2/c1-18(31)26(2)23-11-25-30(17-23)24(32)29-15-20-13-27(14-21(20)16-29)12-19-6-5-7-22(10-19)28-8-3-4-9-28/h5-7,10-11,17,20-21H,3-4,8-9,12-16H2,1-2H3. The predicted octanol–water partition coefficient (Wildman–Crippen LogP) is 2.50. The highest BCUT2D eigenvalue weighted by atomic mass is 16.2. The number of benzene rings is 1. The maximum Gasteiger partial charge on any atom is 0.344 e. The van der Waals surface area contributed by atoms with Crippen molar-refractivity contribution in [2.24, 2.45) is 11.8 Å². The molecule has 0 spiro atoms. The van der Waals surface area contributed by atoms with E-state index in [1.54, 1.807) is 19.4 Å². The molecule has 2 unspecified atom stereocenters. The second-order valence-electron chi connectivity index (χ2n) is 9.49. The molecule has 170 valence electrons. The molecule has 8 nitrogen and oxygen atoms in total. The normalized spacial score (nSPS) is 23.1. The van der Waals surface area contributed by atoms with Crippen molar-refractivity contribution in [3.8, 4) is 0 Å². The van der Waals surface area contributed by atoms with Gasteiger partial charge in [-0.2, -0.15) is 9.78 Å². The van der Waals surface area contributed by atoms with Gasteiger partial charge in [0.05, 0.1) is 18.1 Å². The van der Waals surface area contributed by atoms with Crippen molar-refractivity contribution < 1.29 is 9.59 Å². The van der Waals surface area contributed by atoms with E-state index in [1.807, 2.05) is 4.90 Å². The number of carbonyl (C=O) groups is 2. The molecule has 3 aliphatic rings. The molecule has 0 aliphatic carbocycles. The molecule has 1 aromatic heterocycles. The molecule has 5 rings (SSSR count). The van der Waals surface area contributed by atoms with E-state index in [0.717, 1.165) is 32.7 Å². The summed E-state index contributed by atoms with van der Waals surface area (Å²) in [7, 11) is 1.68. The third-order valence-corrected chi connectivity index (χ3v) is 7.24. The highest BCUT2D eigenvalue weighted by molar-refractivity contribution is 5.91. The summed E-state index contributed by atoms with van der Waals surface area (Å²) < 4.78 is 1.36. The van der Waals surface area contributed by atoms with E-state index >= 15 is 0 Å². The average Bonchev–Trinajstić information content (AvgIpc) is 3.56. The highest BCUT2D eigenvalue weighted by Crippen LogP contribution is 2.33. The third kappa shape index (κ3) is 4.11. The first kappa shape index (κ1) is 21.0. The van der Waals surface area contributed by atoms with Crippen LogP contribution in [-0.2, 0) is 11.3 Å². The summed E-state index contributed by atoms with van der Waals surface area (Å²) in [6, 6.07) is 8.89. The topological polar surface area (TPSA) is 64.9 Å². The Labute approximate surface area is 189 Å². The van der Waals surface area contributed by atoms with Gasteiger partial charge in [-0.1, -0.05) is 12.1 Å². The quantitative estimate of drug-likeness (QED) is 0.737. The number of amides is 2. The Bertz CT molecular complexity index is 984. The lowest BCUT2D eigenvalue weighted by molar-refractivity contribution is -0.116. The number of hydrogen-bond donors (Lipinski definition) is 0. The Morgan fingerprint density at radius 2 is 1.81 bits per heavy atom. The van der Waals surface area contributed by atoms with Gasteiger partial charge in [0.15, 0.2) is 0 Å². The van der Waals surface area contributed by atoms with Gasteiger partial charge in [-0.05, 0) is 42.4 Å². The van der Waals surface area contributed by atoms with Crippen LogP contribution in [0.15, 0.2) is 36.7 Å². The second-order valence-corrected chi connectivity index (χ2v) is 9.49. The van der Waals surface area contributed by atoms with Crippen molar-refractivity contribution >= 4 is 23.3 Å². The molecule has 0 saturated carbocycles. The molecular weight excluding hydrogens is 404 g/mol. The Morgan fingerprint density at radius 1 is 1.09 bits per heavy atom. The first-order valence-electron chi connectivity index (χ1n) is 11.6. The third-order valence-electron chi connectivity index (χ3n) is 7.24. The lowest BCUT2D eigenvalue weighted by atomic mass is 10.0. The van der Waals surface area contributed by atoms with Crippen LogP contribution in [0.25, 0.3) is 0 Å². The van der Waals surface area contributed by atoms with Gasteiger partial charge in [0, 0.05) is 65.5 Å². The summed E-state index contributed by atoms with van der Waals surface area (Å²) >= 11 is 0. The number of nitrogens with zero attached hydrogens (tertiary/aromatic N) is 6. The summed E-state index contributed by atoms with van der Waals surface area (Å²) in [4.78, 5) is 32.9. The largest absolute Gasteiger partial charge is 0.372 e. The Balaban J connectivity index is 1.16. The summed E-state index contributed by atoms with van der Waals surface area (Å²) in [6.45, 7) is 8.41. The smallest absolute Gasteiger partial charge is 0.344 e. The average molecular weight is 437 g/mol. The first-order valence-corrected chi connectivity index (χ1v) is 11.6. The van der Waals surface area contributed by atoms with E-state index in [1.165, 1.54) is 53.7 Å². The van der Waals surface area contributed by atoms with E-state index in [0.29, 0.717) is 17.5 Å².